The van der Waals surface area contributed by atoms with Crippen molar-refractivity contribution in [2.24, 2.45) is 17.6 Å². The molecule has 12 heavy (non-hydrogen) atoms. The monoisotopic (exact) mass is 168 g/mol. The van der Waals surface area contributed by atoms with E-state index in [0.717, 1.165) is 24.4 Å². The number of hydrogen-bond acceptors (Lipinski definition) is 2. The number of likely N-dealkylation sites (tertiary alicyclic amines) is 1. The van der Waals surface area contributed by atoms with Crippen LogP contribution in [0.2, 0.25) is 0 Å². The molecule has 1 saturated carbocycles. The standard InChI is InChI=1S/C10H20N2/c1-12-4-2-3-10(12)6-8-5-9(8)7-11/h8-10H,2-7,11H2,1H3/t8-,9-,10?/m0/s1. The van der Waals surface area contributed by atoms with Gasteiger partial charge in [-0.15, -0.1) is 0 Å². The molecule has 70 valence electrons. The van der Waals surface area contributed by atoms with Gasteiger partial charge in [0.25, 0.3) is 0 Å². The van der Waals surface area contributed by atoms with Crippen LogP contribution in [-0.2, 0) is 0 Å². The summed E-state index contributed by atoms with van der Waals surface area (Å²) in [5.41, 5.74) is 5.62. The molecule has 0 radical (unpaired) electrons. The molecule has 2 fully saturated rings. The third-order valence-corrected chi connectivity index (χ3v) is 3.62. The summed E-state index contributed by atoms with van der Waals surface area (Å²) in [5.74, 6) is 1.85. The molecule has 0 aromatic rings. The zero-order chi connectivity index (χ0) is 8.55. The van der Waals surface area contributed by atoms with E-state index in [9.17, 15) is 0 Å². The highest BCUT2D eigenvalue weighted by atomic mass is 15.1. The third kappa shape index (κ3) is 1.64. The van der Waals surface area contributed by atoms with Crippen molar-refractivity contribution in [3.05, 3.63) is 0 Å². The predicted molar refractivity (Wildman–Crippen MR) is 50.9 cm³/mol. The fourth-order valence-corrected chi connectivity index (χ4v) is 2.51. The molecule has 0 aromatic heterocycles. The first-order chi connectivity index (χ1) is 5.81. The lowest BCUT2D eigenvalue weighted by Crippen LogP contribution is -2.25. The maximum Gasteiger partial charge on any atom is 0.00954 e. The van der Waals surface area contributed by atoms with E-state index >= 15 is 0 Å². The Morgan fingerprint density at radius 2 is 2.25 bits per heavy atom. The molecule has 1 unspecified atom stereocenters. The van der Waals surface area contributed by atoms with E-state index in [0.29, 0.717) is 0 Å². The van der Waals surface area contributed by atoms with Crippen molar-refractivity contribution in [3.63, 3.8) is 0 Å². The normalized spacial score (nSPS) is 42.0. The predicted octanol–water partition coefficient (Wildman–Crippen LogP) is 1.07. The molecule has 1 saturated heterocycles. The minimum Gasteiger partial charge on any atom is -0.330 e. The Hall–Kier alpha value is -0.0800. The van der Waals surface area contributed by atoms with E-state index in [2.05, 4.69) is 11.9 Å². The van der Waals surface area contributed by atoms with Crippen molar-refractivity contribution in [3.8, 4) is 0 Å². The third-order valence-electron chi connectivity index (χ3n) is 3.62. The number of rotatable bonds is 3. The quantitative estimate of drug-likeness (QED) is 0.683. The van der Waals surface area contributed by atoms with Gasteiger partial charge >= 0.3 is 0 Å². The Morgan fingerprint density at radius 1 is 1.42 bits per heavy atom. The zero-order valence-electron chi connectivity index (χ0n) is 8.00. The van der Waals surface area contributed by atoms with Gasteiger partial charge in [-0.2, -0.15) is 0 Å². The SMILES string of the molecule is CN1CCCC1C[C@@H]1C[C@H]1CN. The summed E-state index contributed by atoms with van der Waals surface area (Å²) in [4.78, 5) is 2.52. The van der Waals surface area contributed by atoms with Crippen molar-refractivity contribution in [1.29, 1.82) is 0 Å². The summed E-state index contributed by atoms with van der Waals surface area (Å²) in [7, 11) is 2.26. The summed E-state index contributed by atoms with van der Waals surface area (Å²) in [6.07, 6.45) is 5.64. The van der Waals surface area contributed by atoms with E-state index in [4.69, 9.17) is 5.73 Å². The van der Waals surface area contributed by atoms with E-state index in [1.807, 2.05) is 0 Å². The summed E-state index contributed by atoms with van der Waals surface area (Å²) >= 11 is 0. The van der Waals surface area contributed by atoms with Gasteiger partial charge in [0, 0.05) is 6.04 Å². The van der Waals surface area contributed by atoms with Gasteiger partial charge in [0.1, 0.15) is 0 Å². The van der Waals surface area contributed by atoms with Crippen molar-refractivity contribution >= 4 is 0 Å². The molecular weight excluding hydrogens is 148 g/mol. The summed E-state index contributed by atoms with van der Waals surface area (Å²) in [5, 5.41) is 0. The van der Waals surface area contributed by atoms with Crippen LogP contribution in [0.3, 0.4) is 0 Å². The second-order valence-corrected chi connectivity index (χ2v) is 4.50. The highest BCUT2D eigenvalue weighted by Gasteiger charge is 2.38. The molecule has 1 aliphatic heterocycles. The maximum absolute atomic E-state index is 5.62. The smallest absolute Gasteiger partial charge is 0.00954 e. The van der Waals surface area contributed by atoms with Gasteiger partial charge in [-0.1, -0.05) is 0 Å². The van der Waals surface area contributed by atoms with Crippen molar-refractivity contribution < 1.29 is 0 Å². The molecule has 1 heterocycles. The fourth-order valence-electron chi connectivity index (χ4n) is 2.51. The molecule has 3 atom stereocenters. The van der Waals surface area contributed by atoms with Gasteiger partial charge in [0.2, 0.25) is 0 Å². The van der Waals surface area contributed by atoms with Crippen molar-refractivity contribution in [2.75, 3.05) is 20.1 Å². The van der Waals surface area contributed by atoms with Crippen LogP contribution < -0.4 is 5.73 Å². The van der Waals surface area contributed by atoms with Crippen LogP contribution in [0.25, 0.3) is 0 Å². The second kappa shape index (κ2) is 3.35. The Labute approximate surface area is 75.1 Å². The van der Waals surface area contributed by atoms with Crippen LogP contribution >= 0.6 is 0 Å². The van der Waals surface area contributed by atoms with Gasteiger partial charge in [-0.05, 0) is 57.7 Å². The Kier molecular flexibility index (Phi) is 2.37. The molecule has 0 amide bonds. The lowest BCUT2D eigenvalue weighted by atomic mass is 10.1. The van der Waals surface area contributed by atoms with Crippen molar-refractivity contribution in [2.45, 2.75) is 31.7 Å². The molecule has 1 aliphatic carbocycles. The fraction of sp³-hybridized carbons (Fsp3) is 1.00. The highest BCUT2D eigenvalue weighted by molar-refractivity contribution is 4.91. The van der Waals surface area contributed by atoms with E-state index in [1.54, 1.807) is 0 Å². The van der Waals surface area contributed by atoms with Crippen LogP contribution in [0.1, 0.15) is 25.7 Å². The largest absolute Gasteiger partial charge is 0.330 e. The Balaban J connectivity index is 1.73. The Bertz CT molecular complexity index is 158. The van der Waals surface area contributed by atoms with Crippen molar-refractivity contribution in [1.82, 2.24) is 4.90 Å². The average molecular weight is 168 g/mol. The molecule has 0 spiro atoms. The molecule has 2 heteroatoms. The van der Waals surface area contributed by atoms with Gasteiger partial charge in [0.05, 0.1) is 0 Å². The lowest BCUT2D eigenvalue weighted by molar-refractivity contribution is 0.283. The molecule has 2 nitrogen and oxygen atoms in total. The van der Waals surface area contributed by atoms with E-state index in [1.165, 1.54) is 32.2 Å². The first-order valence-electron chi connectivity index (χ1n) is 5.21. The summed E-state index contributed by atoms with van der Waals surface area (Å²) in [6.45, 7) is 2.23. The number of nitrogens with zero attached hydrogens (tertiary/aromatic N) is 1. The van der Waals surface area contributed by atoms with Crippen LogP contribution in [0.4, 0.5) is 0 Å². The molecule has 2 N–H and O–H groups in total. The minimum absolute atomic E-state index is 0.874. The first-order valence-corrected chi connectivity index (χ1v) is 5.21. The second-order valence-electron chi connectivity index (χ2n) is 4.50. The van der Waals surface area contributed by atoms with Crippen LogP contribution in [0.5, 0.6) is 0 Å². The topological polar surface area (TPSA) is 29.3 Å². The lowest BCUT2D eigenvalue weighted by Gasteiger charge is -2.18. The minimum atomic E-state index is 0.874. The van der Waals surface area contributed by atoms with E-state index < -0.39 is 0 Å². The van der Waals surface area contributed by atoms with Gasteiger partial charge in [-0.3, -0.25) is 0 Å². The van der Waals surface area contributed by atoms with E-state index in [-0.39, 0.29) is 0 Å². The molecular formula is C10H20N2. The van der Waals surface area contributed by atoms with Gasteiger partial charge in [-0.25, -0.2) is 0 Å². The molecule has 0 bridgehead atoms. The van der Waals surface area contributed by atoms with Gasteiger partial charge in [0.15, 0.2) is 0 Å². The maximum atomic E-state index is 5.62. The Morgan fingerprint density at radius 3 is 2.75 bits per heavy atom. The first kappa shape index (κ1) is 8.52. The number of hydrogen-bond donors (Lipinski definition) is 1. The highest BCUT2D eigenvalue weighted by Crippen LogP contribution is 2.42. The average Bonchev–Trinajstić information content (AvgIpc) is 2.70. The molecule has 0 aromatic carbocycles. The molecule has 2 aliphatic rings. The van der Waals surface area contributed by atoms with Crippen LogP contribution in [0, 0.1) is 11.8 Å². The van der Waals surface area contributed by atoms with Gasteiger partial charge < -0.3 is 10.6 Å². The zero-order valence-corrected chi connectivity index (χ0v) is 8.00. The summed E-state index contributed by atoms with van der Waals surface area (Å²) in [6, 6.07) is 0.881. The number of nitrogens with two attached hydrogens (primary N) is 1. The van der Waals surface area contributed by atoms with Crippen LogP contribution in [-0.4, -0.2) is 31.1 Å². The summed E-state index contributed by atoms with van der Waals surface area (Å²) < 4.78 is 0. The van der Waals surface area contributed by atoms with Crippen LogP contribution in [0.15, 0.2) is 0 Å². The molecule has 2 rings (SSSR count).